The summed E-state index contributed by atoms with van der Waals surface area (Å²) in [6.07, 6.45) is 0.577. The van der Waals surface area contributed by atoms with E-state index >= 15 is 0 Å². The van der Waals surface area contributed by atoms with Crippen LogP contribution >= 0.6 is 0 Å². The number of aromatic nitrogens is 1. The Bertz CT molecular complexity index is 1070. The number of anilines is 1. The van der Waals surface area contributed by atoms with Crippen LogP contribution < -0.4 is 16.2 Å². The Morgan fingerprint density at radius 1 is 1.03 bits per heavy atom. The number of benzene rings is 1. The van der Waals surface area contributed by atoms with Gasteiger partial charge in [-0.15, -0.1) is 0 Å². The molecule has 33 heavy (non-hydrogen) atoms. The number of alkyl halides is 1. The molecule has 0 fully saturated rings. The summed E-state index contributed by atoms with van der Waals surface area (Å²) in [7, 11) is 0. The van der Waals surface area contributed by atoms with Crippen molar-refractivity contribution in [2.45, 2.75) is 38.8 Å². The van der Waals surface area contributed by atoms with Crippen LogP contribution in [0.1, 0.15) is 31.9 Å². The lowest BCUT2D eigenvalue weighted by Gasteiger charge is -2.23. The molecule has 0 aliphatic carbocycles. The van der Waals surface area contributed by atoms with Crippen molar-refractivity contribution in [3.63, 3.8) is 0 Å². The molecule has 0 aliphatic rings. The molecule has 0 spiro atoms. The summed E-state index contributed by atoms with van der Waals surface area (Å²) in [5.74, 6) is -4.08. The molecule has 1 aromatic heterocycles. The largest absolute Gasteiger partial charge is 0.481 e. The van der Waals surface area contributed by atoms with Gasteiger partial charge in [0.25, 0.3) is 5.56 Å². The lowest BCUT2D eigenvalue weighted by atomic mass is 10.0. The van der Waals surface area contributed by atoms with E-state index in [0.29, 0.717) is 5.56 Å². The molecule has 10 heteroatoms. The van der Waals surface area contributed by atoms with E-state index in [1.165, 1.54) is 18.3 Å². The molecular weight excluding hydrogens is 433 g/mol. The number of halogens is 1. The molecular formula is C23H26FN3O6. The van der Waals surface area contributed by atoms with Gasteiger partial charge in [0.05, 0.1) is 6.42 Å². The maximum absolute atomic E-state index is 13.1. The Labute approximate surface area is 189 Å². The van der Waals surface area contributed by atoms with Gasteiger partial charge in [-0.25, -0.2) is 4.39 Å². The molecule has 2 rings (SSSR count). The van der Waals surface area contributed by atoms with Crippen molar-refractivity contribution in [1.82, 2.24) is 9.88 Å². The van der Waals surface area contributed by atoms with E-state index in [9.17, 15) is 28.4 Å². The number of rotatable bonds is 11. The van der Waals surface area contributed by atoms with Crippen molar-refractivity contribution in [2.24, 2.45) is 5.92 Å². The third-order valence-corrected chi connectivity index (χ3v) is 4.88. The van der Waals surface area contributed by atoms with Gasteiger partial charge in [0.2, 0.25) is 11.8 Å². The zero-order chi connectivity index (χ0) is 24.5. The molecule has 1 aromatic carbocycles. The Hall–Kier alpha value is -3.82. The topological polar surface area (TPSA) is 135 Å². The molecule has 2 aromatic rings. The zero-order valence-electron chi connectivity index (χ0n) is 18.3. The smallest absolute Gasteiger partial charge is 0.305 e. The molecule has 0 saturated carbocycles. The maximum atomic E-state index is 13.1. The molecule has 9 nitrogen and oxygen atoms in total. The first kappa shape index (κ1) is 25.4. The summed E-state index contributed by atoms with van der Waals surface area (Å²) in [4.78, 5) is 61.2. The van der Waals surface area contributed by atoms with E-state index < -0.39 is 48.4 Å². The Kier molecular flexibility index (Phi) is 9.02. The number of nitrogens with one attached hydrogen (secondary N) is 2. The molecule has 0 radical (unpaired) electrons. The predicted octanol–water partition coefficient (Wildman–Crippen LogP) is 1.72. The molecule has 0 saturated heterocycles. The number of aliphatic carboxylic acids is 1. The number of hydrogen-bond donors (Lipinski definition) is 3. The molecule has 1 heterocycles. The SMILES string of the molecule is CC(C)C(=O)Nc1cccn([C@@H](Cc2ccccc2)C(=O)NC(CC(=O)O)C(=O)CF)c1=O. The number of carboxylic acids is 1. The van der Waals surface area contributed by atoms with Crippen molar-refractivity contribution < 1.29 is 28.7 Å². The highest BCUT2D eigenvalue weighted by molar-refractivity contribution is 5.94. The number of amides is 2. The number of carbonyl (C=O) groups is 4. The van der Waals surface area contributed by atoms with Gasteiger partial charge < -0.3 is 20.3 Å². The maximum Gasteiger partial charge on any atom is 0.305 e. The second-order valence-electron chi connectivity index (χ2n) is 7.74. The van der Waals surface area contributed by atoms with Gasteiger partial charge in [0, 0.05) is 18.5 Å². The van der Waals surface area contributed by atoms with Crippen molar-refractivity contribution >= 4 is 29.3 Å². The van der Waals surface area contributed by atoms with Crippen molar-refractivity contribution in [1.29, 1.82) is 0 Å². The number of ketones is 1. The first-order valence-corrected chi connectivity index (χ1v) is 10.3. The molecule has 2 atom stereocenters. The minimum atomic E-state index is -1.59. The fourth-order valence-electron chi connectivity index (χ4n) is 3.06. The van der Waals surface area contributed by atoms with Gasteiger partial charge in [-0.3, -0.25) is 24.0 Å². The first-order chi connectivity index (χ1) is 15.6. The van der Waals surface area contributed by atoms with Crippen LogP contribution in [0.25, 0.3) is 0 Å². The summed E-state index contributed by atoms with van der Waals surface area (Å²) in [5.41, 5.74) is -0.00839. The third-order valence-electron chi connectivity index (χ3n) is 4.88. The summed E-state index contributed by atoms with van der Waals surface area (Å²) in [6, 6.07) is 8.82. The van der Waals surface area contributed by atoms with Gasteiger partial charge in [-0.05, 0) is 17.7 Å². The van der Waals surface area contributed by atoms with Gasteiger partial charge in [-0.2, -0.15) is 0 Å². The Balaban J connectivity index is 2.45. The van der Waals surface area contributed by atoms with Crippen LogP contribution in [-0.4, -0.2) is 46.0 Å². The molecule has 2 amide bonds. The highest BCUT2D eigenvalue weighted by Crippen LogP contribution is 2.16. The monoisotopic (exact) mass is 459 g/mol. The second-order valence-corrected chi connectivity index (χ2v) is 7.74. The van der Waals surface area contributed by atoms with Crippen LogP contribution in [0.2, 0.25) is 0 Å². The van der Waals surface area contributed by atoms with Crippen LogP contribution in [0.3, 0.4) is 0 Å². The highest BCUT2D eigenvalue weighted by Gasteiger charge is 2.29. The van der Waals surface area contributed by atoms with E-state index in [1.807, 2.05) is 0 Å². The minimum absolute atomic E-state index is 0.0256. The van der Waals surface area contributed by atoms with Crippen LogP contribution in [0.5, 0.6) is 0 Å². The summed E-state index contributed by atoms with van der Waals surface area (Å²) < 4.78 is 14.0. The quantitative estimate of drug-likeness (QED) is 0.468. The number of Topliss-reactive ketones (excluding diaryl/α,β-unsaturated/α-hetero) is 1. The third kappa shape index (κ3) is 7.09. The number of nitrogens with zero attached hydrogens (tertiary/aromatic N) is 1. The second kappa shape index (κ2) is 11.7. The fraction of sp³-hybridized carbons (Fsp3) is 0.348. The van der Waals surface area contributed by atoms with Crippen molar-refractivity contribution in [3.05, 3.63) is 64.6 Å². The molecule has 0 bridgehead atoms. The predicted molar refractivity (Wildman–Crippen MR) is 119 cm³/mol. The Morgan fingerprint density at radius 2 is 1.70 bits per heavy atom. The average molecular weight is 459 g/mol. The summed E-state index contributed by atoms with van der Waals surface area (Å²) in [6.45, 7) is 1.87. The standard InChI is InChI=1S/C23H26FN3O6/c1-14(2)21(31)25-16-9-6-10-27(23(16)33)18(11-15-7-4-3-5-8-15)22(32)26-17(12-20(29)30)19(28)13-24/h3-10,14,17-18H,11-13H2,1-2H3,(H,25,31)(H,26,32)(H,29,30)/t17?,18-/m0/s1. The van der Waals surface area contributed by atoms with E-state index in [-0.39, 0.29) is 23.9 Å². The number of carboxylic acid groups (broad SMARTS) is 1. The fourth-order valence-corrected chi connectivity index (χ4v) is 3.06. The normalized spacial score (nSPS) is 12.6. The number of pyridine rings is 1. The average Bonchev–Trinajstić information content (AvgIpc) is 2.78. The summed E-state index contributed by atoms with van der Waals surface area (Å²) >= 11 is 0. The van der Waals surface area contributed by atoms with Crippen LogP contribution in [0.4, 0.5) is 10.1 Å². The molecule has 1 unspecified atom stereocenters. The van der Waals surface area contributed by atoms with E-state index in [1.54, 1.807) is 44.2 Å². The van der Waals surface area contributed by atoms with Gasteiger partial charge in [0.1, 0.15) is 24.4 Å². The zero-order valence-corrected chi connectivity index (χ0v) is 18.3. The van der Waals surface area contributed by atoms with E-state index in [2.05, 4.69) is 10.6 Å². The number of carbonyl (C=O) groups excluding carboxylic acids is 3. The highest BCUT2D eigenvalue weighted by atomic mass is 19.1. The lowest BCUT2D eigenvalue weighted by molar-refractivity contribution is -0.140. The van der Waals surface area contributed by atoms with Crippen molar-refractivity contribution in [2.75, 3.05) is 12.0 Å². The first-order valence-electron chi connectivity index (χ1n) is 10.3. The van der Waals surface area contributed by atoms with E-state index in [0.717, 1.165) is 4.57 Å². The van der Waals surface area contributed by atoms with Gasteiger partial charge >= 0.3 is 5.97 Å². The minimum Gasteiger partial charge on any atom is -0.481 e. The lowest BCUT2D eigenvalue weighted by Crippen LogP contribution is -2.47. The van der Waals surface area contributed by atoms with Crippen LogP contribution in [0.15, 0.2) is 53.5 Å². The molecule has 3 N–H and O–H groups in total. The number of hydrogen-bond acceptors (Lipinski definition) is 5. The Morgan fingerprint density at radius 3 is 2.27 bits per heavy atom. The summed E-state index contributed by atoms with van der Waals surface area (Å²) in [5, 5.41) is 13.8. The molecule has 0 aliphatic heterocycles. The van der Waals surface area contributed by atoms with Crippen molar-refractivity contribution in [3.8, 4) is 0 Å². The van der Waals surface area contributed by atoms with Gasteiger partial charge in [0.15, 0.2) is 5.78 Å². The van der Waals surface area contributed by atoms with E-state index in [4.69, 9.17) is 5.11 Å². The van der Waals surface area contributed by atoms with Crippen LogP contribution in [-0.2, 0) is 25.6 Å². The van der Waals surface area contributed by atoms with Gasteiger partial charge in [-0.1, -0.05) is 44.2 Å². The molecule has 176 valence electrons. The van der Waals surface area contributed by atoms with Crippen LogP contribution in [0, 0.1) is 5.92 Å².